The van der Waals surface area contributed by atoms with Crippen LogP contribution in [0.5, 0.6) is 0 Å². The number of nitrogens with zero attached hydrogens (tertiary/aromatic N) is 1. The number of hydrogen-bond donors (Lipinski definition) is 0. The largest absolute Gasteiger partial charge is 0.300 e. The van der Waals surface area contributed by atoms with E-state index in [1.165, 1.54) is 51.4 Å². The van der Waals surface area contributed by atoms with E-state index in [1.54, 1.807) is 0 Å². The minimum absolute atomic E-state index is 0.969. The lowest BCUT2D eigenvalue weighted by Gasteiger charge is -2.30. The molecule has 0 aromatic rings. The van der Waals surface area contributed by atoms with E-state index in [4.69, 9.17) is 0 Å². The van der Waals surface area contributed by atoms with Gasteiger partial charge in [0.15, 0.2) is 0 Å². The Morgan fingerprint density at radius 3 is 1.64 bits per heavy atom. The van der Waals surface area contributed by atoms with Crippen LogP contribution >= 0.6 is 0 Å². The predicted octanol–water partition coefficient (Wildman–Crippen LogP) is 3.05. The molecule has 0 N–H and O–H groups in total. The molecule has 0 amide bonds. The van der Waals surface area contributed by atoms with Crippen LogP contribution in [0.25, 0.3) is 0 Å². The van der Waals surface area contributed by atoms with Crippen LogP contribution in [0.3, 0.4) is 0 Å². The molecule has 0 radical (unpaired) electrons. The molecule has 0 aromatic carbocycles. The SMILES string of the molecule is CN1C2CCCCC2[C@@H]2CCCCC21. The monoisotopic (exact) mass is 193 g/mol. The normalized spacial score (nSPS) is 48.6. The van der Waals surface area contributed by atoms with Crippen molar-refractivity contribution in [1.29, 1.82) is 0 Å². The molecule has 1 heteroatoms. The molecule has 0 spiro atoms. The van der Waals surface area contributed by atoms with Crippen LogP contribution in [0.15, 0.2) is 0 Å². The molecule has 80 valence electrons. The quantitative estimate of drug-likeness (QED) is 0.571. The molecule has 2 saturated carbocycles. The van der Waals surface area contributed by atoms with Gasteiger partial charge in [-0.05, 0) is 44.6 Å². The summed E-state index contributed by atoms with van der Waals surface area (Å²) < 4.78 is 0. The highest BCUT2D eigenvalue weighted by molar-refractivity contribution is 5.01. The Bertz CT molecular complexity index is 191. The lowest BCUT2D eigenvalue weighted by Crippen LogP contribution is -2.36. The summed E-state index contributed by atoms with van der Waals surface area (Å²) in [6.07, 6.45) is 12.1. The minimum Gasteiger partial charge on any atom is -0.300 e. The number of rotatable bonds is 0. The molecule has 1 nitrogen and oxygen atoms in total. The fraction of sp³-hybridized carbons (Fsp3) is 1.00. The van der Waals surface area contributed by atoms with Crippen molar-refractivity contribution in [3.63, 3.8) is 0 Å². The van der Waals surface area contributed by atoms with E-state index in [2.05, 4.69) is 11.9 Å². The fourth-order valence-corrected chi connectivity index (χ4v) is 4.54. The Morgan fingerprint density at radius 1 is 0.714 bits per heavy atom. The lowest BCUT2D eigenvalue weighted by atomic mass is 9.73. The van der Waals surface area contributed by atoms with Crippen molar-refractivity contribution < 1.29 is 0 Å². The Balaban J connectivity index is 1.83. The van der Waals surface area contributed by atoms with Gasteiger partial charge in [0.05, 0.1) is 0 Å². The zero-order chi connectivity index (χ0) is 9.54. The van der Waals surface area contributed by atoms with Gasteiger partial charge in [-0.2, -0.15) is 0 Å². The van der Waals surface area contributed by atoms with Crippen molar-refractivity contribution in [2.45, 2.75) is 63.5 Å². The molecule has 3 unspecified atom stereocenters. The van der Waals surface area contributed by atoms with Crippen molar-refractivity contribution in [2.24, 2.45) is 11.8 Å². The number of likely N-dealkylation sites (tertiary alicyclic amines) is 1. The van der Waals surface area contributed by atoms with Crippen molar-refractivity contribution in [3.8, 4) is 0 Å². The minimum atomic E-state index is 0.969. The van der Waals surface area contributed by atoms with E-state index >= 15 is 0 Å². The molecular weight excluding hydrogens is 170 g/mol. The molecule has 14 heavy (non-hydrogen) atoms. The molecule has 0 bridgehead atoms. The second kappa shape index (κ2) is 3.52. The Hall–Kier alpha value is -0.0400. The van der Waals surface area contributed by atoms with Gasteiger partial charge in [-0.1, -0.05) is 25.7 Å². The Kier molecular flexibility index (Phi) is 2.31. The first-order chi connectivity index (χ1) is 6.88. The lowest BCUT2D eigenvalue weighted by molar-refractivity contribution is 0.176. The van der Waals surface area contributed by atoms with E-state index in [-0.39, 0.29) is 0 Å². The molecule has 3 fully saturated rings. The average molecular weight is 193 g/mol. The van der Waals surface area contributed by atoms with E-state index in [9.17, 15) is 0 Å². The van der Waals surface area contributed by atoms with Crippen LogP contribution < -0.4 is 0 Å². The van der Waals surface area contributed by atoms with Crippen molar-refractivity contribution in [1.82, 2.24) is 4.90 Å². The van der Waals surface area contributed by atoms with Gasteiger partial charge in [0.2, 0.25) is 0 Å². The van der Waals surface area contributed by atoms with E-state index < -0.39 is 0 Å². The molecule has 1 heterocycles. The summed E-state index contributed by atoms with van der Waals surface area (Å²) in [7, 11) is 2.40. The Labute approximate surface area is 87.9 Å². The summed E-state index contributed by atoms with van der Waals surface area (Å²) in [6, 6.07) is 1.94. The molecule has 1 saturated heterocycles. The predicted molar refractivity (Wildman–Crippen MR) is 59.3 cm³/mol. The molecular formula is C13H23N. The van der Waals surface area contributed by atoms with Gasteiger partial charge >= 0.3 is 0 Å². The van der Waals surface area contributed by atoms with Crippen LogP contribution in [0.2, 0.25) is 0 Å². The van der Waals surface area contributed by atoms with Crippen molar-refractivity contribution in [3.05, 3.63) is 0 Å². The van der Waals surface area contributed by atoms with Crippen LogP contribution in [0.4, 0.5) is 0 Å². The van der Waals surface area contributed by atoms with E-state index in [0.717, 1.165) is 23.9 Å². The summed E-state index contributed by atoms with van der Waals surface area (Å²) in [5.74, 6) is 2.16. The van der Waals surface area contributed by atoms with Gasteiger partial charge in [0.25, 0.3) is 0 Å². The zero-order valence-corrected chi connectivity index (χ0v) is 9.41. The van der Waals surface area contributed by atoms with E-state index in [1.807, 2.05) is 0 Å². The molecule has 0 aromatic heterocycles. The highest BCUT2D eigenvalue weighted by atomic mass is 15.2. The van der Waals surface area contributed by atoms with Gasteiger partial charge < -0.3 is 0 Å². The molecule has 3 aliphatic rings. The second-order valence-corrected chi connectivity index (χ2v) is 5.70. The fourth-order valence-electron chi connectivity index (χ4n) is 4.54. The van der Waals surface area contributed by atoms with Crippen LogP contribution in [0.1, 0.15) is 51.4 Å². The summed E-state index contributed by atoms with van der Waals surface area (Å²) in [5.41, 5.74) is 0. The highest BCUT2D eigenvalue weighted by Gasteiger charge is 2.47. The second-order valence-electron chi connectivity index (χ2n) is 5.70. The van der Waals surface area contributed by atoms with Crippen LogP contribution in [-0.2, 0) is 0 Å². The van der Waals surface area contributed by atoms with Gasteiger partial charge in [-0.3, -0.25) is 4.90 Å². The summed E-state index contributed by atoms with van der Waals surface area (Å²) in [5, 5.41) is 0. The van der Waals surface area contributed by atoms with Crippen LogP contribution in [0, 0.1) is 11.8 Å². The smallest absolute Gasteiger partial charge is 0.0127 e. The first-order valence-electron chi connectivity index (χ1n) is 6.60. The molecule has 4 atom stereocenters. The van der Waals surface area contributed by atoms with Gasteiger partial charge in [-0.25, -0.2) is 0 Å². The van der Waals surface area contributed by atoms with Gasteiger partial charge in [-0.15, -0.1) is 0 Å². The zero-order valence-electron chi connectivity index (χ0n) is 9.41. The third-order valence-electron chi connectivity index (χ3n) is 5.16. The Morgan fingerprint density at radius 2 is 1.14 bits per heavy atom. The molecule has 3 rings (SSSR count). The van der Waals surface area contributed by atoms with Crippen molar-refractivity contribution >= 4 is 0 Å². The third-order valence-corrected chi connectivity index (χ3v) is 5.16. The molecule has 1 aliphatic heterocycles. The molecule has 2 aliphatic carbocycles. The third kappa shape index (κ3) is 1.25. The number of fused-ring (bicyclic) bond motifs is 3. The first-order valence-corrected chi connectivity index (χ1v) is 6.60. The maximum atomic E-state index is 2.76. The number of hydrogen-bond acceptors (Lipinski definition) is 1. The summed E-state index contributed by atoms with van der Waals surface area (Å²) >= 11 is 0. The summed E-state index contributed by atoms with van der Waals surface area (Å²) in [6.45, 7) is 0. The van der Waals surface area contributed by atoms with E-state index in [0.29, 0.717) is 0 Å². The first kappa shape index (κ1) is 9.21. The maximum Gasteiger partial charge on any atom is 0.0127 e. The average Bonchev–Trinajstić information content (AvgIpc) is 2.55. The van der Waals surface area contributed by atoms with Crippen LogP contribution in [-0.4, -0.2) is 24.0 Å². The van der Waals surface area contributed by atoms with Gasteiger partial charge in [0.1, 0.15) is 0 Å². The summed E-state index contributed by atoms with van der Waals surface area (Å²) in [4.78, 5) is 2.76. The van der Waals surface area contributed by atoms with Gasteiger partial charge in [0, 0.05) is 12.1 Å². The maximum absolute atomic E-state index is 2.76. The topological polar surface area (TPSA) is 3.24 Å². The van der Waals surface area contributed by atoms with Crippen molar-refractivity contribution in [2.75, 3.05) is 7.05 Å². The highest BCUT2D eigenvalue weighted by Crippen LogP contribution is 2.48. The standard InChI is InChI=1S/C13H23N/c1-14-12-8-4-2-6-10(12)11-7-3-5-9-13(11)14/h10-13H,2-9H2,1H3/t10-,11?,12?,13?/m0/s1.